The maximum absolute atomic E-state index is 13.8. The third-order valence-electron chi connectivity index (χ3n) is 5.99. The SMILES string of the molecule is CCCCCN(C(=O)C(C)NC(=O)OC(C)(C)C)C(C(=O)NCc1ccccc1)c1cc(C)ccc1C. The highest BCUT2D eigenvalue weighted by atomic mass is 16.6. The summed E-state index contributed by atoms with van der Waals surface area (Å²) in [5, 5.41) is 5.69. The summed E-state index contributed by atoms with van der Waals surface area (Å²) in [4.78, 5) is 41.6. The first kappa shape index (κ1) is 29.9. The standard InChI is InChI=1S/C30H43N3O4/c1-8-9-13-18-33(28(35)23(4)32-29(36)37-30(5,6)7)26(25-19-21(2)16-17-22(25)3)27(34)31-20-24-14-11-10-12-15-24/h10-12,14-17,19,23,26H,8-9,13,18,20H2,1-7H3,(H,31,34)(H,32,36). The van der Waals surface area contributed by atoms with Crippen LogP contribution in [0, 0.1) is 13.8 Å². The Morgan fingerprint density at radius 2 is 1.68 bits per heavy atom. The lowest BCUT2D eigenvalue weighted by Gasteiger charge is -2.34. The number of ether oxygens (including phenoxy) is 1. The summed E-state index contributed by atoms with van der Waals surface area (Å²) in [6.07, 6.45) is 1.97. The smallest absolute Gasteiger partial charge is 0.408 e. The average Bonchev–Trinajstić information content (AvgIpc) is 2.83. The van der Waals surface area contributed by atoms with E-state index < -0.39 is 23.8 Å². The zero-order valence-corrected chi connectivity index (χ0v) is 23.4. The van der Waals surface area contributed by atoms with E-state index in [1.165, 1.54) is 0 Å². The Hall–Kier alpha value is -3.35. The maximum atomic E-state index is 13.8. The molecule has 2 aromatic rings. The van der Waals surface area contributed by atoms with Gasteiger partial charge in [-0.15, -0.1) is 0 Å². The van der Waals surface area contributed by atoms with Gasteiger partial charge in [0.1, 0.15) is 17.7 Å². The van der Waals surface area contributed by atoms with Crippen molar-refractivity contribution in [1.82, 2.24) is 15.5 Å². The van der Waals surface area contributed by atoms with Crippen LogP contribution in [0.2, 0.25) is 0 Å². The molecule has 37 heavy (non-hydrogen) atoms. The molecular formula is C30H43N3O4. The summed E-state index contributed by atoms with van der Waals surface area (Å²) in [5.74, 6) is -0.588. The van der Waals surface area contributed by atoms with E-state index in [0.717, 1.165) is 41.5 Å². The Morgan fingerprint density at radius 1 is 1.00 bits per heavy atom. The van der Waals surface area contributed by atoms with Crippen LogP contribution < -0.4 is 10.6 Å². The van der Waals surface area contributed by atoms with Gasteiger partial charge in [0.15, 0.2) is 0 Å². The van der Waals surface area contributed by atoms with Gasteiger partial charge >= 0.3 is 6.09 Å². The first-order valence-electron chi connectivity index (χ1n) is 13.1. The van der Waals surface area contributed by atoms with Crippen molar-refractivity contribution in [2.75, 3.05) is 6.54 Å². The zero-order valence-electron chi connectivity index (χ0n) is 23.4. The minimum absolute atomic E-state index is 0.258. The first-order chi connectivity index (χ1) is 17.4. The summed E-state index contributed by atoms with van der Waals surface area (Å²) in [6.45, 7) is 13.7. The van der Waals surface area contributed by atoms with Crippen molar-refractivity contribution in [2.45, 2.75) is 92.0 Å². The van der Waals surface area contributed by atoms with Crippen molar-refractivity contribution in [3.8, 4) is 0 Å². The molecule has 0 aromatic heterocycles. The molecular weight excluding hydrogens is 466 g/mol. The lowest BCUT2D eigenvalue weighted by Crippen LogP contribution is -2.52. The van der Waals surface area contributed by atoms with E-state index >= 15 is 0 Å². The first-order valence-corrected chi connectivity index (χ1v) is 13.1. The predicted molar refractivity (Wildman–Crippen MR) is 147 cm³/mol. The van der Waals surface area contributed by atoms with Crippen molar-refractivity contribution in [3.05, 3.63) is 70.8 Å². The molecule has 7 heteroatoms. The van der Waals surface area contributed by atoms with E-state index in [0.29, 0.717) is 13.1 Å². The molecule has 7 nitrogen and oxygen atoms in total. The molecule has 0 saturated heterocycles. The van der Waals surface area contributed by atoms with Crippen LogP contribution in [-0.4, -0.2) is 41.0 Å². The second-order valence-corrected chi connectivity index (χ2v) is 10.6. The number of rotatable bonds is 11. The Morgan fingerprint density at radius 3 is 2.30 bits per heavy atom. The fourth-order valence-electron chi connectivity index (χ4n) is 4.08. The van der Waals surface area contributed by atoms with Gasteiger partial charge in [0.05, 0.1) is 0 Å². The van der Waals surface area contributed by atoms with E-state index in [2.05, 4.69) is 17.6 Å². The third kappa shape index (κ3) is 9.56. The molecule has 0 aliphatic rings. The zero-order chi connectivity index (χ0) is 27.6. The van der Waals surface area contributed by atoms with Gasteiger partial charge < -0.3 is 20.3 Å². The normalized spacial score (nSPS) is 12.8. The van der Waals surface area contributed by atoms with Crippen LogP contribution in [0.3, 0.4) is 0 Å². The van der Waals surface area contributed by atoms with Gasteiger partial charge in [0, 0.05) is 13.1 Å². The molecule has 2 N–H and O–H groups in total. The molecule has 0 heterocycles. The Labute approximate surface area is 222 Å². The molecule has 0 spiro atoms. The summed E-state index contributed by atoms with van der Waals surface area (Å²) >= 11 is 0. The number of unbranched alkanes of at least 4 members (excludes halogenated alkanes) is 2. The largest absolute Gasteiger partial charge is 0.444 e. The fraction of sp³-hybridized carbons (Fsp3) is 0.500. The van der Waals surface area contributed by atoms with Gasteiger partial charge in [-0.25, -0.2) is 4.79 Å². The summed E-state index contributed by atoms with van der Waals surface area (Å²) < 4.78 is 5.35. The van der Waals surface area contributed by atoms with Crippen LogP contribution in [0.5, 0.6) is 0 Å². The number of benzene rings is 2. The fourth-order valence-corrected chi connectivity index (χ4v) is 4.08. The topological polar surface area (TPSA) is 87.7 Å². The number of carbonyl (C=O) groups is 3. The highest BCUT2D eigenvalue weighted by Crippen LogP contribution is 2.27. The van der Waals surface area contributed by atoms with Gasteiger partial charge in [0.25, 0.3) is 0 Å². The van der Waals surface area contributed by atoms with Crippen LogP contribution in [0.15, 0.2) is 48.5 Å². The average molecular weight is 510 g/mol. The van der Waals surface area contributed by atoms with Gasteiger partial charge in [-0.2, -0.15) is 0 Å². The van der Waals surface area contributed by atoms with Crippen molar-refractivity contribution < 1.29 is 19.1 Å². The monoisotopic (exact) mass is 509 g/mol. The maximum Gasteiger partial charge on any atom is 0.408 e. The van der Waals surface area contributed by atoms with Gasteiger partial charge in [-0.3, -0.25) is 9.59 Å². The molecule has 0 bridgehead atoms. The second kappa shape index (κ2) is 13.8. The van der Waals surface area contributed by atoms with E-state index in [1.54, 1.807) is 32.6 Å². The number of hydrogen-bond donors (Lipinski definition) is 2. The molecule has 0 saturated carbocycles. The highest BCUT2D eigenvalue weighted by Gasteiger charge is 2.35. The Kier molecular flexibility index (Phi) is 11.2. The molecule has 202 valence electrons. The molecule has 2 unspecified atom stereocenters. The number of amides is 3. The number of nitrogens with one attached hydrogen (secondary N) is 2. The Bertz CT molecular complexity index is 1050. The van der Waals surface area contributed by atoms with E-state index in [9.17, 15) is 14.4 Å². The summed E-state index contributed by atoms with van der Waals surface area (Å²) in [7, 11) is 0. The summed E-state index contributed by atoms with van der Waals surface area (Å²) in [6, 6.07) is 13.9. The second-order valence-electron chi connectivity index (χ2n) is 10.6. The van der Waals surface area contributed by atoms with Crippen LogP contribution >= 0.6 is 0 Å². The molecule has 2 atom stereocenters. The number of carbonyl (C=O) groups excluding carboxylic acids is 3. The molecule has 0 aliphatic heterocycles. The van der Waals surface area contributed by atoms with Crippen molar-refractivity contribution in [3.63, 3.8) is 0 Å². The third-order valence-corrected chi connectivity index (χ3v) is 5.99. The van der Waals surface area contributed by atoms with Gasteiger partial charge in [-0.05, 0) is 64.7 Å². The van der Waals surface area contributed by atoms with Gasteiger partial charge in [-0.1, -0.05) is 73.9 Å². The summed E-state index contributed by atoms with van der Waals surface area (Å²) in [5.41, 5.74) is 2.99. The minimum atomic E-state index is -0.869. The number of nitrogens with zero attached hydrogens (tertiary/aromatic N) is 1. The number of alkyl carbamates (subject to hydrolysis) is 1. The molecule has 0 radical (unpaired) electrons. The Balaban J connectivity index is 2.41. The lowest BCUT2D eigenvalue weighted by molar-refractivity contribution is -0.142. The lowest BCUT2D eigenvalue weighted by atomic mass is 9.96. The van der Waals surface area contributed by atoms with Crippen molar-refractivity contribution >= 4 is 17.9 Å². The van der Waals surface area contributed by atoms with Crippen LogP contribution in [0.25, 0.3) is 0 Å². The highest BCUT2D eigenvalue weighted by molar-refractivity contribution is 5.92. The molecule has 2 rings (SSSR count). The minimum Gasteiger partial charge on any atom is -0.444 e. The van der Waals surface area contributed by atoms with Crippen molar-refractivity contribution in [2.24, 2.45) is 0 Å². The molecule has 2 aromatic carbocycles. The number of hydrogen-bond acceptors (Lipinski definition) is 4. The molecule has 0 fully saturated rings. The number of aryl methyl sites for hydroxylation is 2. The van der Waals surface area contributed by atoms with Crippen molar-refractivity contribution in [1.29, 1.82) is 0 Å². The molecule has 3 amide bonds. The van der Waals surface area contributed by atoms with Crippen LogP contribution in [-0.2, 0) is 20.9 Å². The quantitative estimate of drug-likeness (QED) is 0.386. The van der Waals surface area contributed by atoms with Crippen LogP contribution in [0.4, 0.5) is 4.79 Å². The van der Waals surface area contributed by atoms with E-state index in [4.69, 9.17) is 4.74 Å². The van der Waals surface area contributed by atoms with Gasteiger partial charge in [0.2, 0.25) is 11.8 Å². The van der Waals surface area contributed by atoms with Crippen LogP contribution in [0.1, 0.15) is 82.2 Å². The van der Waals surface area contributed by atoms with E-state index in [-0.39, 0.29) is 11.8 Å². The molecule has 0 aliphatic carbocycles. The predicted octanol–water partition coefficient (Wildman–Crippen LogP) is 5.59. The van der Waals surface area contributed by atoms with E-state index in [1.807, 2.05) is 62.4 Å².